The first kappa shape index (κ1) is 24.3. The van der Waals surface area contributed by atoms with Crippen molar-refractivity contribution < 1.29 is 26.4 Å². The minimum atomic E-state index is -4.63. The van der Waals surface area contributed by atoms with E-state index in [2.05, 4.69) is 0 Å². The maximum atomic E-state index is 13.3. The first-order valence-electron chi connectivity index (χ1n) is 10.4. The molecule has 2 N–H and O–H groups in total. The third-order valence-electron chi connectivity index (χ3n) is 6.38. The minimum Gasteiger partial charge on any atom is -0.341 e. The number of nitrogens with zero attached hydrogens (tertiary/aromatic N) is 1. The Kier molecular flexibility index (Phi) is 6.72. The van der Waals surface area contributed by atoms with Crippen molar-refractivity contribution in [3.8, 4) is 0 Å². The zero-order chi connectivity index (χ0) is 23.7. The Hall–Kier alpha value is -2.39. The minimum absolute atomic E-state index is 0.229. The van der Waals surface area contributed by atoms with Crippen molar-refractivity contribution in [2.45, 2.75) is 48.5 Å². The average molecular weight is 469 g/mol. The van der Waals surface area contributed by atoms with E-state index in [0.717, 1.165) is 12.1 Å². The van der Waals surface area contributed by atoms with E-state index in [9.17, 15) is 26.4 Å². The number of sulfone groups is 1. The second kappa shape index (κ2) is 8.86. The first-order chi connectivity index (χ1) is 14.9. The van der Waals surface area contributed by atoms with E-state index in [-0.39, 0.29) is 16.7 Å². The Bertz CT molecular complexity index is 1060. The van der Waals surface area contributed by atoms with Crippen LogP contribution in [0.3, 0.4) is 0 Å². The number of amides is 1. The molecule has 2 aromatic carbocycles. The van der Waals surface area contributed by atoms with E-state index in [4.69, 9.17) is 5.73 Å². The van der Waals surface area contributed by atoms with Gasteiger partial charge in [-0.2, -0.15) is 13.2 Å². The lowest BCUT2D eigenvalue weighted by molar-refractivity contribution is -0.137. The van der Waals surface area contributed by atoms with Gasteiger partial charge in [0.1, 0.15) is 6.04 Å². The van der Waals surface area contributed by atoms with Gasteiger partial charge < -0.3 is 10.6 Å². The maximum Gasteiger partial charge on any atom is 0.416 e. The number of halogens is 3. The number of carbonyl (C=O) groups is 1. The van der Waals surface area contributed by atoms with Crippen LogP contribution in [-0.4, -0.2) is 37.1 Å². The number of hydrogen-bond donors (Lipinski definition) is 1. The quantitative estimate of drug-likeness (QED) is 0.713. The molecule has 0 aliphatic carbocycles. The van der Waals surface area contributed by atoms with Crippen molar-refractivity contribution in [1.29, 1.82) is 0 Å². The number of nitrogens with two attached hydrogens (primary N) is 1. The van der Waals surface area contributed by atoms with Gasteiger partial charge >= 0.3 is 6.18 Å². The second-order valence-electron chi connectivity index (χ2n) is 8.62. The molecule has 9 heteroatoms. The molecule has 0 aromatic heterocycles. The van der Waals surface area contributed by atoms with Crippen molar-refractivity contribution >= 4 is 15.7 Å². The van der Waals surface area contributed by atoms with Gasteiger partial charge in [0, 0.05) is 13.1 Å². The number of benzene rings is 2. The predicted octanol–water partition coefficient (Wildman–Crippen LogP) is 4.20. The van der Waals surface area contributed by atoms with Crippen molar-refractivity contribution in [2.24, 2.45) is 11.7 Å². The third-order valence-corrected chi connectivity index (χ3v) is 8.97. The third kappa shape index (κ3) is 4.68. The van der Waals surface area contributed by atoms with E-state index in [1.165, 1.54) is 6.07 Å². The Morgan fingerprint density at radius 3 is 2.19 bits per heavy atom. The molecule has 0 saturated carbocycles. The van der Waals surface area contributed by atoms with Gasteiger partial charge in [-0.25, -0.2) is 8.42 Å². The molecule has 1 saturated heterocycles. The molecule has 3 rings (SSSR count). The van der Waals surface area contributed by atoms with Crippen LogP contribution in [0.2, 0.25) is 0 Å². The SMILES string of the molecule is CC(C)(C1CCN(C(=O)[C@H](N)c2ccccc2)CC1)S(=O)(=O)c1cccc(C(F)(F)F)c1. The van der Waals surface area contributed by atoms with E-state index >= 15 is 0 Å². The van der Waals surface area contributed by atoms with Crippen LogP contribution in [-0.2, 0) is 20.8 Å². The molecular weight excluding hydrogens is 441 g/mol. The highest BCUT2D eigenvalue weighted by Gasteiger charge is 2.45. The highest BCUT2D eigenvalue weighted by Crippen LogP contribution is 2.39. The molecule has 1 heterocycles. The molecule has 0 radical (unpaired) electrons. The smallest absolute Gasteiger partial charge is 0.341 e. The highest BCUT2D eigenvalue weighted by atomic mass is 32.2. The van der Waals surface area contributed by atoms with Crippen LogP contribution in [0.1, 0.15) is 43.9 Å². The van der Waals surface area contributed by atoms with Gasteiger partial charge in [-0.1, -0.05) is 36.4 Å². The number of piperidine rings is 1. The summed E-state index contributed by atoms with van der Waals surface area (Å²) in [6.07, 6.45) is -3.80. The monoisotopic (exact) mass is 468 g/mol. The lowest BCUT2D eigenvalue weighted by atomic mass is 9.85. The van der Waals surface area contributed by atoms with Gasteiger partial charge in [-0.3, -0.25) is 4.79 Å². The van der Waals surface area contributed by atoms with Gasteiger partial charge in [-0.05, 0) is 56.4 Å². The highest BCUT2D eigenvalue weighted by molar-refractivity contribution is 7.92. The van der Waals surface area contributed by atoms with Crippen molar-refractivity contribution in [1.82, 2.24) is 4.90 Å². The molecule has 32 heavy (non-hydrogen) atoms. The summed E-state index contributed by atoms with van der Waals surface area (Å²) in [5.74, 6) is -0.549. The normalized spacial score (nSPS) is 17.2. The zero-order valence-corrected chi connectivity index (χ0v) is 18.8. The molecule has 2 aromatic rings. The molecule has 1 atom stereocenters. The van der Waals surface area contributed by atoms with E-state index in [1.807, 2.05) is 6.07 Å². The van der Waals surface area contributed by atoms with Crippen molar-refractivity contribution in [2.75, 3.05) is 13.1 Å². The summed E-state index contributed by atoms with van der Waals surface area (Å²) in [5.41, 5.74) is 5.81. The fourth-order valence-corrected chi connectivity index (χ4v) is 5.98. The largest absolute Gasteiger partial charge is 0.416 e. The standard InChI is InChI=1S/C23H27F3N2O3S/c1-22(2,32(30,31)19-10-6-9-18(15-19)23(24,25)26)17-11-13-28(14-12-17)21(29)20(27)16-7-4-3-5-8-16/h3-10,15,17,20H,11-14,27H2,1-2H3/t20-/m1/s1. The van der Waals surface area contributed by atoms with Gasteiger partial charge in [0.05, 0.1) is 15.2 Å². The summed E-state index contributed by atoms with van der Waals surface area (Å²) in [5, 5.41) is 0. The van der Waals surface area contributed by atoms with Crippen LogP contribution in [0, 0.1) is 5.92 Å². The lowest BCUT2D eigenvalue weighted by Gasteiger charge is -2.40. The molecule has 1 fully saturated rings. The van der Waals surface area contributed by atoms with E-state index in [1.54, 1.807) is 43.0 Å². The number of carbonyl (C=O) groups excluding carboxylic acids is 1. The van der Waals surface area contributed by atoms with Gasteiger partial charge in [0.25, 0.3) is 0 Å². The Balaban J connectivity index is 1.73. The van der Waals surface area contributed by atoms with Gasteiger partial charge in [0.15, 0.2) is 9.84 Å². The van der Waals surface area contributed by atoms with E-state index in [0.29, 0.717) is 37.6 Å². The Morgan fingerprint density at radius 1 is 1.03 bits per heavy atom. The Labute approximate surface area is 186 Å². The molecule has 0 spiro atoms. The fourth-order valence-electron chi connectivity index (χ4n) is 4.16. The summed E-state index contributed by atoms with van der Waals surface area (Å²) in [6.45, 7) is 3.76. The second-order valence-corrected chi connectivity index (χ2v) is 11.2. The van der Waals surface area contributed by atoms with Crippen LogP contribution in [0.4, 0.5) is 13.2 Å². The Morgan fingerprint density at radius 2 is 1.62 bits per heavy atom. The molecular formula is C23H27F3N2O3S. The molecule has 174 valence electrons. The van der Waals surface area contributed by atoms with Crippen LogP contribution in [0.25, 0.3) is 0 Å². The predicted molar refractivity (Wildman–Crippen MR) is 115 cm³/mol. The molecule has 5 nitrogen and oxygen atoms in total. The molecule has 1 amide bonds. The summed E-state index contributed by atoms with van der Waals surface area (Å²) < 4.78 is 64.5. The van der Waals surface area contributed by atoms with Crippen LogP contribution in [0.5, 0.6) is 0 Å². The van der Waals surface area contributed by atoms with Gasteiger partial charge in [-0.15, -0.1) is 0 Å². The molecule has 0 unspecified atom stereocenters. The van der Waals surface area contributed by atoms with E-state index < -0.39 is 32.4 Å². The summed E-state index contributed by atoms with van der Waals surface area (Å²) in [6, 6.07) is 12.0. The number of hydrogen-bond acceptors (Lipinski definition) is 4. The molecule has 1 aliphatic heterocycles. The van der Waals surface area contributed by atoms with Crippen LogP contribution >= 0.6 is 0 Å². The summed E-state index contributed by atoms with van der Waals surface area (Å²) in [4.78, 5) is 14.1. The number of alkyl halides is 3. The van der Waals surface area contributed by atoms with Crippen LogP contribution in [0.15, 0.2) is 59.5 Å². The molecule has 0 bridgehead atoms. The van der Waals surface area contributed by atoms with Crippen molar-refractivity contribution in [3.63, 3.8) is 0 Å². The number of likely N-dealkylation sites (tertiary alicyclic amines) is 1. The topological polar surface area (TPSA) is 80.5 Å². The van der Waals surface area contributed by atoms with Crippen molar-refractivity contribution in [3.05, 3.63) is 65.7 Å². The fraction of sp³-hybridized carbons (Fsp3) is 0.435. The van der Waals surface area contributed by atoms with Gasteiger partial charge in [0.2, 0.25) is 5.91 Å². The summed E-state index contributed by atoms with van der Waals surface area (Å²) >= 11 is 0. The molecule has 1 aliphatic rings. The summed E-state index contributed by atoms with van der Waals surface area (Å²) in [7, 11) is -4.05. The maximum absolute atomic E-state index is 13.3. The van der Waals surface area contributed by atoms with Crippen LogP contribution < -0.4 is 5.73 Å². The zero-order valence-electron chi connectivity index (χ0n) is 18.0. The lowest BCUT2D eigenvalue weighted by Crippen LogP contribution is -2.49. The number of rotatable bonds is 5. The first-order valence-corrected chi connectivity index (χ1v) is 11.8. The average Bonchev–Trinajstić information content (AvgIpc) is 2.78.